The Morgan fingerprint density at radius 2 is 1.77 bits per heavy atom. The second-order valence-corrected chi connectivity index (χ2v) is 5.36. The number of benzene rings is 1. The van der Waals surface area contributed by atoms with Gasteiger partial charge in [-0.25, -0.2) is 0 Å². The van der Waals surface area contributed by atoms with Crippen LogP contribution < -0.4 is 5.32 Å². The fourth-order valence-corrected chi connectivity index (χ4v) is 2.30. The smallest absolute Gasteiger partial charge is 0.255 e. The minimum atomic E-state index is 0.0150. The molecule has 2 aromatic rings. The average Bonchev–Trinajstić information content (AvgIpc) is 2.52. The SMILES string of the molecule is CCN(CC)C(=O)c1cncc(Nc2ccc(C)c(C)c2)c1. The van der Waals surface area contributed by atoms with Crippen molar-refractivity contribution in [2.75, 3.05) is 18.4 Å². The van der Waals surface area contributed by atoms with Gasteiger partial charge < -0.3 is 10.2 Å². The molecule has 116 valence electrons. The molecule has 0 fully saturated rings. The summed E-state index contributed by atoms with van der Waals surface area (Å²) < 4.78 is 0. The fourth-order valence-electron chi connectivity index (χ4n) is 2.30. The maximum absolute atomic E-state index is 12.4. The van der Waals surface area contributed by atoms with E-state index in [2.05, 4.69) is 36.3 Å². The number of pyridine rings is 1. The van der Waals surface area contributed by atoms with E-state index in [1.54, 1.807) is 17.3 Å². The van der Waals surface area contributed by atoms with Gasteiger partial charge in [-0.2, -0.15) is 0 Å². The van der Waals surface area contributed by atoms with Gasteiger partial charge in [-0.05, 0) is 57.0 Å². The number of anilines is 2. The molecule has 0 unspecified atom stereocenters. The molecule has 0 bridgehead atoms. The molecule has 1 heterocycles. The molecule has 4 nitrogen and oxygen atoms in total. The van der Waals surface area contributed by atoms with Gasteiger partial charge in [-0.15, -0.1) is 0 Å². The van der Waals surface area contributed by atoms with Gasteiger partial charge in [-0.3, -0.25) is 9.78 Å². The number of nitrogens with one attached hydrogen (secondary N) is 1. The minimum absolute atomic E-state index is 0.0150. The van der Waals surface area contributed by atoms with Crippen molar-refractivity contribution in [3.63, 3.8) is 0 Å². The lowest BCUT2D eigenvalue weighted by Crippen LogP contribution is -2.30. The van der Waals surface area contributed by atoms with Gasteiger partial charge in [-0.1, -0.05) is 6.07 Å². The molecule has 0 aliphatic rings. The predicted molar refractivity (Wildman–Crippen MR) is 90.7 cm³/mol. The topological polar surface area (TPSA) is 45.2 Å². The van der Waals surface area contributed by atoms with Crippen molar-refractivity contribution in [2.45, 2.75) is 27.7 Å². The van der Waals surface area contributed by atoms with E-state index in [1.165, 1.54) is 11.1 Å². The van der Waals surface area contributed by atoms with Crippen LogP contribution in [0.2, 0.25) is 0 Å². The predicted octanol–water partition coefficient (Wildman–Crippen LogP) is 3.92. The Hall–Kier alpha value is -2.36. The number of hydrogen-bond donors (Lipinski definition) is 1. The first-order chi connectivity index (χ1) is 10.5. The number of aromatic nitrogens is 1. The number of carbonyl (C=O) groups excluding carboxylic acids is 1. The summed E-state index contributed by atoms with van der Waals surface area (Å²) >= 11 is 0. The van der Waals surface area contributed by atoms with Gasteiger partial charge in [0.2, 0.25) is 0 Å². The number of amides is 1. The van der Waals surface area contributed by atoms with Crippen LogP contribution in [0.25, 0.3) is 0 Å². The van der Waals surface area contributed by atoms with Crippen LogP contribution in [0.5, 0.6) is 0 Å². The number of rotatable bonds is 5. The van der Waals surface area contributed by atoms with E-state index < -0.39 is 0 Å². The van der Waals surface area contributed by atoms with E-state index in [9.17, 15) is 4.79 Å². The van der Waals surface area contributed by atoms with E-state index in [-0.39, 0.29) is 5.91 Å². The number of aryl methyl sites for hydroxylation is 2. The summed E-state index contributed by atoms with van der Waals surface area (Å²) in [6.45, 7) is 9.52. The molecule has 2 rings (SSSR count). The van der Waals surface area contributed by atoms with Gasteiger partial charge in [0.15, 0.2) is 0 Å². The largest absolute Gasteiger partial charge is 0.354 e. The third kappa shape index (κ3) is 3.64. The molecule has 1 N–H and O–H groups in total. The van der Waals surface area contributed by atoms with Crippen LogP contribution in [0.1, 0.15) is 35.3 Å². The first kappa shape index (κ1) is 16.0. The highest BCUT2D eigenvalue weighted by molar-refractivity contribution is 5.94. The number of carbonyl (C=O) groups is 1. The van der Waals surface area contributed by atoms with Crippen LogP contribution in [0.4, 0.5) is 11.4 Å². The molecule has 4 heteroatoms. The summed E-state index contributed by atoms with van der Waals surface area (Å²) in [5, 5.41) is 3.31. The van der Waals surface area contributed by atoms with Crippen molar-refractivity contribution in [2.24, 2.45) is 0 Å². The molecule has 1 amide bonds. The van der Waals surface area contributed by atoms with Crippen LogP contribution in [-0.2, 0) is 0 Å². The molecule has 1 aromatic carbocycles. The third-order valence-corrected chi connectivity index (χ3v) is 3.83. The zero-order chi connectivity index (χ0) is 16.1. The lowest BCUT2D eigenvalue weighted by atomic mass is 10.1. The lowest BCUT2D eigenvalue weighted by Gasteiger charge is -2.18. The van der Waals surface area contributed by atoms with Crippen LogP contribution in [0, 0.1) is 13.8 Å². The summed E-state index contributed by atoms with van der Waals surface area (Å²) in [5.41, 5.74) is 4.92. The molecule has 0 aliphatic heterocycles. The molecule has 0 saturated heterocycles. The normalized spacial score (nSPS) is 10.4. The molecule has 0 spiro atoms. The molecular formula is C18H23N3O. The van der Waals surface area contributed by atoms with Crippen molar-refractivity contribution < 1.29 is 4.79 Å². The van der Waals surface area contributed by atoms with Gasteiger partial charge in [0.25, 0.3) is 5.91 Å². The van der Waals surface area contributed by atoms with Crippen molar-refractivity contribution in [3.8, 4) is 0 Å². The highest BCUT2D eigenvalue weighted by Crippen LogP contribution is 2.20. The summed E-state index contributed by atoms with van der Waals surface area (Å²) in [4.78, 5) is 18.3. The van der Waals surface area contributed by atoms with E-state index in [0.717, 1.165) is 11.4 Å². The van der Waals surface area contributed by atoms with E-state index >= 15 is 0 Å². The van der Waals surface area contributed by atoms with Crippen LogP contribution in [0.3, 0.4) is 0 Å². The standard InChI is InChI=1S/C18H23N3O/c1-5-21(6-2)18(22)15-10-17(12-19-11-15)20-16-8-7-13(3)14(4)9-16/h7-12,20H,5-6H2,1-4H3. The first-order valence-electron chi connectivity index (χ1n) is 7.63. The zero-order valence-corrected chi connectivity index (χ0v) is 13.7. The molecule has 0 aliphatic carbocycles. The molecule has 1 aromatic heterocycles. The Morgan fingerprint density at radius 3 is 2.41 bits per heavy atom. The maximum atomic E-state index is 12.4. The molecule has 0 saturated carbocycles. The summed E-state index contributed by atoms with van der Waals surface area (Å²) in [6, 6.07) is 8.05. The van der Waals surface area contributed by atoms with Crippen molar-refractivity contribution >= 4 is 17.3 Å². The lowest BCUT2D eigenvalue weighted by molar-refractivity contribution is 0.0772. The summed E-state index contributed by atoms with van der Waals surface area (Å²) in [7, 11) is 0. The van der Waals surface area contributed by atoms with Gasteiger partial charge in [0.05, 0.1) is 17.4 Å². The van der Waals surface area contributed by atoms with Crippen LogP contribution >= 0.6 is 0 Å². The van der Waals surface area contributed by atoms with Gasteiger partial charge in [0.1, 0.15) is 0 Å². The van der Waals surface area contributed by atoms with Crippen LogP contribution in [0.15, 0.2) is 36.7 Å². The quantitative estimate of drug-likeness (QED) is 0.909. The van der Waals surface area contributed by atoms with Gasteiger partial charge >= 0.3 is 0 Å². The Morgan fingerprint density at radius 1 is 1.05 bits per heavy atom. The molecular weight excluding hydrogens is 274 g/mol. The minimum Gasteiger partial charge on any atom is -0.354 e. The highest BCUT2D eigenvalue weighted by atomic mass is 16.2. The summed E-state index contributed by atoms with van der Waals surface area (Å²) in [5.74, 6) is 0.0150. The second-order valence-electron chi connectivity index (χ2n) is 5.36. The Kier molecular flexibility index (Phi) is 5.15. The fraction of sp³-hybridized carbons (Fsp3) is 0.333. The highest BCUT2D eigenvalue weighted by Gasteiger charge is 2.13. The van der Waals surface area contributed by atoms with Crippen molar-refractivity contribution in [3.05, 3.63) is 53.3 Å². The first-order valence-corrected chi connectivity index (χ1v) is 7.63. The molecule has 0 atom stereocenters. The van der Waals surface area contributed by atoms with E-state index in [0.29, 0.717) is 18.7 Å². The monoisotopic (exact) mass is 297 g/mol. The maximum Gasteiger partial charge on any atom is 0.255 e. The summed E-state index contributed by atoms with van der Waals surface area (Å²) in [6.07, 6.45) is 3.35. The van der Waals surface area contributed by atoms with Gasteiger partial charge in [0, 0.05) is 25.0 Å². The number of hydrogen-bond acceptors (Lipinski definition) is 3. The molecule has 0 radical (unpaired) electrons. The average molecular weight is 297 g/mol. The zero-order valence-electron chi connectivity index (χ0n) is 13.7. The van der Waals surface area contributed by atoms with Crippen molar-refractivity contribution in [1.29, 1.82) is 0 Å². The Labute approximate surface area is 132 Å². The van der Waals surface area contributed by atoms with E-state index in [1.807, 2.05) is 26.0 Å². The Balaban J connectivity index is 2.21. The van der Waals surface area contributed by atoms with Crippen molar-refractivity contribution in [1.82, 2.24) is 9.88 Å². The number of nitrogens with zero attached hydrogens (tertiary/aromatic N) is 2. The Bertz CT molecular complexity index is 663. The van der Waals surface area contributed by atoms with E-state index in [4.69, 9.17) is 0 Å². The second kappa shape index (κ2) is 7.07. The van der Waals surface area contributed by atoms with Crippen LogP contribution in [-0.4, -0.2) is 28.9 Å². The molecule has 22 heavy (non-hydrogen) atoms. The third-order valence-electron chi connectivity index (χ3n) is 3.83.